The summed E-state index contributed by atoms with van der Waals surface area (Å²) >= 11 is 0. The van der Waals surface area contributed by atoms with Crippen molar-refractivity contribution in [3.05, 3.63) is 58.9 Å². The van der Waals surface area contributed by atoms with Gasteiger partial charge in [-0.05, 0) is 31.5 Å². The Morgan fingerprint density at radius 3 is 2.57 bits per heavy atom. The van der Waals surface area contributed by atoms with Gasteiger partial charge < -0.3 is 5.11 Å². The summed E-state index contributed by atoms with van der Waals surface area (Å²) < 4.78 is 0. The van der Waals surface area contributed by atoms with Crippen LogP contribution in [0.25, 0.3) is 0 Å². The van der Waals surface area contributed by atoms with Crippen LogP contribution in [0.1, 0.15) is 22.5 Å². The van der Waals surface area contributed by atoms with Crippen LogP contribution < -0.4 is 0 Å². The smallest absolute Gasteiger partial charge is 0.317 e. The van der Waals surface area contributed by atoms with Crippen LogP contribution in [0.15, 0.2) is 36.4 Å². The average molecular weight is 285 g/mol. The average Bonchev–Trinajstić information content (AvgIpc) is 2.40. The van der Waals surface area contributed by atoms with Gasteiger partial charge in [-0.3, -0.25) is 9.69 Å². The van der Waals surface area contributed by atoms with E-state index in [1.807, 2.05) is 49.1 Å². The van der Waals surface area contributed by atoms with Crippen molar-refractivity contribution in [3.63, 3.8) is 0 Å². The number of benzene rings is 1. The summed E-state index contributed by atoms with van der Waals surface area (Å²) in [5, 5.41) is 17.2. The van der Waals surface area contributed by atoms with Crippen molar-refractivity contribution < 1.29 is 9.90 Å². The Hall–Kier alpha value is -2.27. The molecule has 0 aliphatic heterocycles. The van der Waals surface area contributed by atoms with Crippen LogP contribution in [0.4, 0.5) is 0 Å². The second-order valence-corrected chi connectivity index (χ2v) is 5.19. The van der Waals surface area contributed by atoms with Crippen LogP contribution in [0.2, 0.25) is 0 Å². The van der Waals surface area contributed by atoms with Crippen molar-refractivity contribution in [1.29, 1.82) is 0 Å². The van der Waals surface area contributed by atoms with Crippen LogP contribution >= 0.6 is 0 Å². The highest BCUT2D eigenvalue weighted by molar-refractivity contribution is 5.69. The number of nitrogens with zero attached hydrogens (tertiary/aromatic N) is 3. The van der Waals surface area contributed by atoms with E-state index >= 15 is 0 Å². The fraction of sp³-hybridized carbons (Fsp3) is 0.312. The maximum absolute atomic E-state index is 11.0. The summed E-state index contributed by atoms with van der Waals surface area (Å²) in [5.74, 6) is -0.845. The van der Waals surface area contributed by atoms with E-state index in [4.69, 9.17) is 5.11 Å². The zero-order chi connectivity index (χ0) is 15.2. The van der Waals surface area contributed by atoms with Crippen molar-refractivity contribution in [2.75, 3.05) is 6.54 Å². The van der Waals surface area contributed by atoms with E-state index in [9.17, 15) is 4.79 Å². The van der Waals surface area contributed by atoms with Crippen molar-refractivity contribution in [3.8, 4) is 0 Å². The SMILES string of the molecule is Cc1cccc(CN(CC(=O)O)Cc2ccc(C)nn2)c1. The predicted molar refractivity (Wildman–Crippen MR) is 79.7 cm³/mol. The van der Waals surface area contributed by atoms with E-state index in [-0.39, 0.29) is 6.54 Å². The maximum Gasteiger partial charge on any atom is 0.317 e. The Balaban J connectivity index is 2.10. The Labute approximate surface area is 124 Å². The molecule has 0 saturated carbocycles. The van der Waals surface area contributed by atoms with Gasteiger partial charge in [0.2, 0.25) is 0 Å². The van der Waals surface area contributed by atoms with Gasteiger partial charge in [0, 0.05) is 13.1 Å². The molecule has 0 bridgehead atoms. The van der Waals surface area contributed by atoms with Crippen molar-refractivity contribution in [2.45, 2.75) is 26.9 Å². The van der Waals surface area contributed by atoms with Crippen molar-refractivity contribution in [2.24, 2.45) is 0 Å². The molecule has 1 aromatic carbocycles. The molecule has 21 heavy (non-hydrogen) atoms. The third-order valence-corrected chi connectivity index (χ3v) is 3.09. The lowest BCUT2D eigenvalue weighted by Crippen LogP contribution is -2.29. The molecule has 1 heterocycles. The fourth-order valence-electron chi connectivity index (χ4n) is 2.17. The number of aromatic nitrogens is 2. The Bertz CT molecular complexity index is 611. The van der Waals surface area contributed by atoms with E-state index in [1.54, 1.807) is 0 Å². The van der Waals surface area contributed by atoms with Gasteiger partial charge in [0.05, 0.1) is 17.9 Å². The normalized spacial score (nSPS) is 10.8. The summed E-state index contributed by atoms with van der Waals surface area (Å²) in [5.41, 5.74) is 3.88. The fourth-order valence-corrected chi connectivity index (χ4v) is 2.17. The molecule has 0 aliphatic carbocycles. The van der Waals surface area contributed by atoms with Gasteiger partial charge in [-0.2, -0.15) is 10.2 Å². The number of hydrogen-bond donors (Lipinski definition) is 1. The predicted octanol–water partition coefficient (Wildman–Crippen LogP) is 2.18. The van der Waals surface area contributed by atoms with Crippen LogP contribution in [0.5, 0.6) is 0 Å². The maximum atomic E-state index is 11.0. The van der Waals surface area contributed by atoms with Crippen LogP contribution in [-0.2, 0) is 17.9 Å². The van der Waals surface area contributed by atoms with Gasteiger partial charge in [0.15, 0.2) is 0 Å². The zero-order valence-electron chi connectivity index (χ0n) is 12.3. The molecule has 5 nitrogen and oxygen atoms in total. The lowest BCUT2D eigenvalue weighted by atomic mass is 10.1. The van der Waals surface area contributed by atoms with E-state index < -0.39 is 5.97 Å². The van der Waals surface area contributed by atoms with Gasteiger partial charge >= 0.3 is 5.97 Å². The molecule has 1 N–H and O–H groups in total. The molecule has 0 unspecified atom stereocenters. The monoisotopic (exact) mass is 285 g/mol. The van der Waals surface area contributed by atoms with Crippen LogP contribution in [0.3, 0.4) is 0 Å². The van der Waals surface area contributed by atoms with Crippen LogP contribution in [-0.4, -0.2) is 32.7 Å². The molecule has 2 aromatic rings. The van der Waals surface area contributed by atoms with Gasteiger partial charge in [-0.25, -0.2) is 0 Å². The molecule has 0 aliphatic rings. The van der Waals surface area contributed by atoms with E-state index in [0.29, 0.717) is 13.1 Å². The summed E-state index contributed by atoms with van der Waals surface area (Å²) in [6.07, 6.45) is 0. The minimum absolute atomic E-state index is 0.0243. The number of aryl methyl sites for hydroxylation is 2. The highest BCUT2D eigenvalue weighted by Crippen LogP contribution is 2.10. The summed E-state index contributed by atoms with van der Waals surface area (Å²) in [4.78, 5) is 12.9. The Morgan fingerprint density at radius 1 is 1.14 bits per heavy atom. The first-order chi connectivity index (χ1) is 10.0. The molecule has 2 rings (SSSR count). The van der Waals surface area contributed by atoms with Gasteiger partial charge in [-0.15, -0.1) is 0 Å². The largest absolute Gasteiger partial charge is 0.480 e. The molecule has 5 heteroatoms. The molecule has 0 amide bonds. The molecular weight excluding hydrogens is 266 g/mol. The Morgan fingerprint density at radius 2 is 1.95 bits per heavy atom. The third kappa shape index (κ3) is 4.96. The van der Waals surface area contributed by atoms with Gasteiger partial charge in [-0.1, -0.05) is 29.8 Å². The first-order valence-corrected chi connectivity index (χ1v) is 6.82. The Kier molecular flexibility index (Phi) is 5.00. The lowest BCUT2D eigenvalue weighted by Gasteiger charge is -2.20. The molecule has 1 aromatic heterocycles. The van der Waals surface area contributed by atoms with Crippen LogP contribution in [0, 0.1) is 13.8 Å². The molecular formula is C16H19N3O2. The van der Waals surface area contributed by atoms with E-state index in [0.717, 1.165) is 22.5 Å². The summed E-state index contributed by atoms with van der Waals surface area (Å²) in [7, 11) is 0. The first kappa shape index (κ1) is 15.1. The zero-order valence-corrected chi connectivity index (χ0v) is 12.3. The van der Waals surface area contributed by atoms with Crippen molar-refractivity contribution >= 4 is 5.97 Å². The molecule has 0 saturated heterocycles. The molecule has 0 atom stereocenters. The molecule has 110 valence electrons. The highest BCUT2D eigenvalue weighted by Gasteiger charge is 2.12. The third-order valence-electron chi connectivity index (χ3n) is 3.09. The minimum atomic E-state index is -0.845. The van der Waals surface area contributed by atoms with E-state index in [1.165, 1.54) is 0 Å². The minimum Gasteiger partial charge on any atom is -0.480 e. The number of carbonyl (C=O) groups is 1. The number of hydrogen-bond acceptors (Lipinski definition) is 4. The second-order valence-electron chi connectivity index (χ2n) is 5.19. The second kappa shape index (κ2) is 6.95. The number of carboxylic acid groups (broad SMARTS) is 1. The van der Waals surface area contributed by atoms with Gasteiger partial charge in [0.25, 0.3) is 0 Å². The van der Waals surface area contributed by atoms with Crippen molar-refractivity contribution in [1.82, 2.24) is 15.1 Å². The number of aliphatic carboxylic acids is 1. The molecule has 0 spiro atoms. The summed E-state index contributed by atoms with van der Waals surface area (Å²) in [6.45, 7) is 4.91. The van der Waals surface area contributed by atoms with Gasteiger partial charge in [0.1, 0.15) is 0 Å². The standard InChI is InChI=1S/C16H19N3O2/c1-12-4-3-5-14(8-12)9-19(11-16(20)21)10-15-7-6-13(2)17-18-15/h3-8H,9-11H2,1-2H3,(H,20,21). The molecule has 0 radical (unpaired) electrons. The van der Waals surface area contributed by atoms with E-state index in [2.05, 4.69) is 16.3 Å². The molecule has 0 fully saturated rings. The number of rotatable bonds is 6. The summed E-state index contributed by atoms with van der Waals surface area (Å²) in [6, 6.07) is 11.8. The first-order valence-electron chi connectivity index (χ1n) is 6.82. The number of carboxylic acids is 1. The highest BCUT2D eigenvalue weighted by atomic mass is 16.4. The quantitative estimate of drug-likeness (QED) is 0.881. The lowest BCUT2D eigenvalue weighted by molar-refractivity contribution is -0.138. The topological polar surface area (TPSA) is 66.3 Å².